The quantitative estimate of drug-likeness (QED) is 0.300. The molecule has 0 unspecified atom stereocenters. The highest BCUT2D eigenvalue weighted by molar-refractivity contribution is 6.10. The molecule has 0 radical (unpaired) electrons. The summed E-state index contributed by atoms with van der Waals surface area (Å²) in [7, 11) is 3.18. The lowest BCUT2D eigenvalue weighted by molar-refractivity contribution is 0.0698. The maximum atomic E-state index is 12.7. The second kappa shape index (κ2) is 7.92. The van der Waals surface area contributed by atoms with Crippen molar-refractivity contribution in [2.24, 2.45) is 0 Å². The van der Waals surface area contributed by atoms with Crippen molar-refractivity contribution in [3.63, 3.8) is 0 Å². The Morgan fingerprint density at radius 1 is 0.800 bits per heavy atom. The number of furan rings is 2. The zero-order chi connectivity index (χ0) is 24.1. The molecule has 0 fully saturated rings. The van der Waals surface area contributed by atoms with Gasteiger partial charge in [-0.15, -0.1) is 0 Å². The number of hydrogen-bond donors (Lipinski definition) is 1. The van der Waals surface area contributed by atoms with Gasteiger partial charge in [-0.1, -0.05) is 18.2 Å². The number of carboxylic acid groups (broad SMARTS) is 1. The van der Waals surface area contributed by atoms with Crippen LogP contribution in [0, 0.1) is 0 Å². The van der Waals surface area contributed by atoms with E-state index in [1.54, 1.807) is 44.6 Å². The van der Waals surface area contributed by atoms with Crippen molar-refractivity contribution >= 4 is 38.8 Å². The molecule has 0 spiro atoms. The van der Waals surface area contributed by atoms with Gasteiger partial charge in [0.05, 0.1) is 19.7 Å². The summed E-state index contributed by atoms with van der Waals surface area (Å²) in [6, 6.07) is 21.8. The molecule has 3 aromatic carbocycles. The minimum atomic E-state index is -1.13. The second-order valence-corrected chi connectivity index (χ2v) is 8.06. The van der Waals surface area contributed by atoms with E-state index in [4.69, 9.17) is 23.3 Å². The largest absolute Gasteiger partial charge is 0.497 e. The van der Waals surface area contributed by atoms with Crippen LogP contribution in [0.15, 0.2) is 81.6 Å². The molecule has 0 aliphatic carbocycles. The van der Waals surface area contributed by atoms with Gasteiger partial charge in [-0.2, -0.15) is 0 Å². The van der Waals surface area contributed by atoms with Crippen LogP contribution in [0.1, 0.15) is 10.4 Å². The number of aromatic carboxylic acids is 1. The number of nitrogens with zero attached hydrogens (tertiary/aromatic N) is 1. The lowest BCUT2D eigenvalue weighted by atomic mass is 9.97. The first-order valence-electron chi connectivity index (χ1n) is 10.9. The highest BCUT2D eigenvalue weighted by Gasteiger charge is 2.27. The molecule has 0 aliphatic heterocycles. The fourth-order valence-corrected chi connectivity index (χ4v) is 4.39. The van der Waals surface area contributed by atoms with E-state index in [0.717, 1.165) is 10.8 Å². The van der Waals surface area contributed by atoms with E-state index >= 15 is 0 Å². The van der Waals surface area contributed by atoms with Gasteiger partial charge in [-0.3, -0.25) is 0 Å². The van der Waals surface area contributed by atoms with Crippen molar-refractivity contribution in [2.75, 3.05) is 14.2 Å². The molecule has 6 rings (SSSR count). The van der Waals surface area contributed by atoms with E-state index in [1.165, 1.54) is 0 Å². The Bertz CT molecular complexity index is 1760. The van der Waals surface area contributed by atoms with Crippen LogP contribution in [0.4, 0.5) is 0 Å². The molecule has 172 valence electrons. The molecule has 0 saturated carbocycles. The molecule has 1 N–H and O–H groups in total. The third-order valence-electron chi connectivity index (χ3n) is 6.03. The number of pyridine rings is 1. The molecule has 35 heavy (non-hydrogen) atoms. The molecule has 0 aliphatic rings. The molecule has 0 bridgehead atoms. The Kier molecular flexibility index (Phi) is 4.70. The van der Waals surface area contributed by atoms with Gasteiger partial charge in [0.1, 0.15) is 39.7 Å². The van der Waals surface area contributed by atoms with E-state index in [9.17, 15) is 9.90 Å². The number of rotatable bonds is 5. The summed E-state index contributed by atoms with van der Waals surface area (Å²) in [6.07, 6.45) is 0. The molecular formula is C28H19NO6. The fourth-order valence-electron chi connectivity index (χ4n) is 4.39. The molecule has 6 aromatic rings. The van der Waals surface area contributed by atoms with Gasteiger partial charge in [-0.25, -0.2) is 9.78 Å². The Balaban J connectivity index is 1.67. The zero-order valence-corrected chi connectivity index (χ0v) is 18.9. The van der Waals surface area contributed by atoms with Gasteiger partial charge in [0.2, 0.25) is 0 Å². The van der Waals surface area contributed by atoms with Crippen molar-refractivity contribution in [3.05, 3.63) is 78.4 Å². The monoisotopic (exact) mass is 465 g/mol. The van der Waals surface area contributed by atoms with Crippen molar-refractivity contribution in [3.8, 4) is 34.3 Å². The number of benzene rings is 3. The molecule has 3 heterocycles. The highest BCUT2D eigenvalue weighted by atomic mass is 16.5. The van der Waals surface area contributed by atoms with Crippen LogP contribution < -0.4 is 9.47 Å². The molecule has 7 nitrogen and oxygen atoms in total. The fraction of sp³-hybridized carbons (Fsp3) is 0.0714. The van der Waals surface area contributed by atoms with Crippen LogP contribution in [-0.4, -0.2) is 30.3 Å². The van der Waals surface area contributed by atoms with E-state index in [2.05, 4.69) is 0 Å². The predicted molar refractivity (Wildman–Crippen MR) is 132 cm³/mol. The second-order valence-electron chi connectivity index (χ2n) is 8.06. The maximum Gasteiger partial charge on any atom is 0.338 e. The summed E-state index contributed by atoms with van der Waals surface area (Å²) in [5.74, 6) is 0.984. The van der Waals surface area contributed by atoms with Crippen molar-refractivity contribution in [1.82, 2.24) is 4.98 Å². The van der Waals surface area contributed by atoms with E-state index in [0.29, 0.717) is 50.7 Å². The first-order valence-corrected chi connectivity index (χ1v) is 10.9. The normalized spacial score (nSPS) is 11.4. The molecule has 3 aromatic heterocycles. The van der Waals surface area contributed by atoms with Crippen LogP contribution in [0.25, 0.3) is 55.6 Å². The Hall–Kier alpha value is -4.78. The number of methoxy groups -OCH3 is 2. The number of carbonyl (C=O) groups is 1. The first-order chi connectivity index (χ1) is 17.1. The van der Waals surface area contributed by atoms with Crippen molar-refractivity contribution in [2.45, 2.75) is 0 Å². The topological polar surface area (TPSA) is 94.9 Å². The summed E-state index contributed by atoms with van der Waals surface area (Å²) >= 11 is 0. The molecule has 0 saturated heterocycles. The number of fused-ring (bicyclic) bond motifs is 3. The highest BCUT2D eigenvalue weighted by Crippen LogP contribution is 2.41. The number of hydrogen-bond acceptors (Lipinski definition) is 6. The Morgan fingerprint density at radius 3 is 2.03 bits per heavy atom. The van der Waals surface area contributed by atoms with Crippen molar-refractivity contribution < 1.29 is 28.2 Å². The summed E-state index contributed by atoms with van der Waals surface area (Å²) < 4.78 is 22.8. The number of carboxylic acids is 1. The summed E-state index contributed by atoms with van der Waals surface area (Å²) in [5, 5.41) is 12.6. The SMILES string of the molecule is COc1ccc2oc(-c3nc4ccccc4c(-c4cc5cc(OC)ccc5o4)c3C(=O)O)cc2c1. The number of ether oxygens (including phenoxy) is 2. The van der Waals surface area contributed by atoms with E-state index < -0.39 is 5.97 Å². The van der Waals surface area contributed by atoms with Gasteiger partial charge < -0.3 is 23.4 Å². The number of aromatic nitrogens is 1. The van der Waals surface area contributed by atoms with Crippen LogP contribution >= 0.6 is 0 Å². The predicted octanol–water partition coefficient (Wildman–Crippen LogP) is 6.78. The maximum absolute atomic E-state index is 12.7. The lowest BCUT2D eigenvalue weighted by Crippen LogP contribution is -2.05. The summed E-state index contributed by atoms with van der Waals surface area (Å²) in [5.41, 5.74) is 2.50. The average molecular weight is 465 g/mol. The third kappa shape index (κ3) is 3.36. The van der Waals surface area contributed by atoms with Gasteiger partial charge >= 0.3 is 5.97 Å². The van der Waals surface area contributed by atoms with Crippen LogP contribution in [-0.2, 0) is 0 Å². The van der Waals surface area contributed by atoms with E-state index in [1.807, 2.05) is 42.5 Å². The molecule has 7 heteroatoms. The van der Waals surface area contributed by atoms with E-state index in [-0.39, 0.29) is 11.3 Å². The van der Waals surface area contributed by atoms with Crippen LogP contribution in [0.2, 0.25) is 0 Å². The Labute approximate surface area is 199 Å². The molecular weight excluding hydrogens is 446 g/mol. The molecule has 0 amide bonds. The molecule has 0 atom stereocenters. The van der Waals surface area contributed by atoms with Crippen LogP contribution in [0.3, 0.4) is 0 Å². The standard InChI is InChI=1S/C28H19NO6/c1-32-17-7-9-21-15(11-17)13-23(34-21)25-19-5-3-4-6-20(19)29-27(26(25)28(30)31)24-14-16-12-18(33-2)8-10-22(16)35-24/h3-14H,1-2H3,(H,30,31). The average Bonchev–Trinajstić information content (AvgIpc) is 3.50. The van der Waals surface area contributed by atoms with Gasteiger partial charge in [0.15, 0.2) is 5.76 Å². The zero-order valence-electron chi connectivity index (χ0n) is 18.9. The van der Waals surface area contributed by atoms with Gasteiger partial charge in [-0.05, 0) is 54.6 Å². The smallest absolute Gasteiger partial charge is 0.338 e. The number of para-hydroxylation sites is 1. The summed E-state index contributed by atoms with van der Waals surface area (Å²) in [4.78, 5) is 17.4. The van der Waals surface area contributed by atoms with Gasteiger partial charge in [0.25, 0.3) is 0 Å². The minimum Gasteiger partial charge on any atom is -0.497 e. The van der Waals surface area contributed by atoms with Crippen molar-refractivity contribution in [1.29, 1.82) is 0 Å². The third-order valence-corrected chi connectivity index (χ3v) is 6.03. The summed E-state index contributed by atoms with van der Waals surface area (Å²) in [6.45, 7) is 0. The first kappa shape index (κ1) is 20.8. The Morgan fingerprint density at radius 2 is 1.40 bits per heavy atom. The lowest BCUT2D eigenvalue weighted by Gasteiger charge is -2.12. The van der Waals surface area contributed by atoms with Crippen LogP contribution in [0.5, 0.6) is 11.5 Å². The van der Waals surface area contributed by atoms with Gasteiger partial charge in [0, 0.05) is 21.7 Å². The minimum absolute atomic E-state index is 0.000687.